The van der Waals surface area contributed by atoms with E-state index in [0.717, 1.165) is 0 Å². The number of hydrogen-bond acceptors (Lipinski definition) is 6. The molecule has 2 N–H and O–H groups in total. The summed E-state index contributed by atoms with van der Waals surface area (Å²) in [5.41, 5.74) is 0.466. The van der Waals surface area contributed by atoms with Gasteiger partial charge in [0.2, 0.25) is 5.43 Å². The van der Waals surface area contributed by atoms with Gasteiger partial charge in [-0.05, 0) is 18.2 Å². The number of hydrogen-bond donors (Lipinski definition) is 2. The average Bonchev–Trinajstić information content (AvgIpc) is 3.07. The molecule has 3 aromatic rings. The van der Waals surface area contributed by atoms with Gasteiger partial charge in [-0.1, -0.05) is 6.07 Å². The van der Waals surface area contributed by atoms with E-state index in [0.29, 0.717) is 11.3 Å². The monoisotopic (exact) mass is 310 g/mol. The molecule has 0 bridgehead atoms. The number of benzene rings is 2. The highest BCUT2D eigenvalue weighted by Gasteiger charge is 2.40. The first-order valence-corrected chi connectivity index (χ1v) is 7.08. The highest BCUT2D eigenvalue weighted by atomic mass is 16.7. The van der Waals surface area contributed by atoms with Crippen molar-refractivity contribution in [3.63, 3.8) is 0 Å². The van der Waals surface area contributed by atoms with Crippen molar-refractivity contribution >= 4 is 21.9 Å². The van der Waals surface area contributed by atoms with E-state index in [4.69, 9.17) is 13.9 Å². The second kappa shape index (κ2) is 3.98. The van der Waals surface area contributed by atoms with Crippen molar-refractivity contribution in [1.29, 1.82) is 0 Å². The van der Waals surface area contributed by atoms with Crippen LogP contribution in [0.5, 0.6) is 17.2 Å². The van der Waals surface area contributed by atoms with Gasteiger partial charge in [0.1, 0.15) is 39.2 Å². The third-order valence-electron chi connectivity index (χ3n) is 4.31. The molecular weight excluding hydrogens is 300 g/mol. The highest BCUT2D eigenvalue weighted by Crippen LogP contribution is 2.49. The predicted molar refractivity (Wildman–Crippen MR) is 80.7 cm³/mol. The first-order valence-electron chi connectivity index (χ1n) is 7.08. The molecule has 3 heterocycles. The Morgan fingerprint density at radius 3 is 2.83 bits per heavy atom. The fraction of sp³-hybridized carbons (Fsp3) is 0.118. The summed E-state index contributed by atoms with van der Waals surface area (Å²) >= 11 is 0. The van der Waals surface area contributed by atoms with Crippen molar-refractivity contribution in [2.45, 2.75) is 12.2 Å². The van der Waals surface area contributed by atoms with Gasteiger partial charge >= 0.3 is 0 Å². The Morgan fingerprint density at radius 2 is 1.96 bits per heavy atom. The lowest BCUT2D eigenvalue weighted by molar-refractivity contribution is -0.00481. The third kappa shape index (κ3) is 1.45. The van der Waals surface area contributed by atoms with Crippen molar-refractivity contribution in [2.75, 3.05) is 0 Å². The zero-order valence-electron chi connectivity index (χ0n) is 11.6. The maximum Gasteiger partial charge on any atom is 0.250 e. The Hall–Kier alpha value is -3.15. The fourth-order valence-electron chi connectivity index (χ4n) is 3.27. The summed E-state index contributed by atoms with van der Waals surface area (Å²) in [5, 5.41) is 20.7. The molecule has 2 aliphatic heterocycles. The van der Waals surface area contributed by atoms with E-state index in [9.17, 15) is 15.0 Å². The predicted octanol–water partition coefficient (Wildman–Crippen LogP) is 2.70. The fourth-order valence-corrected chi connectivity index (χ4v) is 3.27. The molecule has 0 amide bonds. The lowest BCUT2D eigenvalue weighted by Gasteiger charge is -2.08. The van der Waals surface area contributed by atoms with Crippen LogP contribution in [0.3, 0.4) is 0 Å². The summed E-state index contributed by atoms with van der Waals surface area (Å²) in [6, 6.07) is 6.15. The zero-order chi connectivity index (χ0) is 15.7. The second-order valence-corrected chi connectivity index (χ2v) is 5.57. The first-order chi connectivity index (χ1) is 11.1. The molecule has 0 aliphatic carbocycles. The molecule has 2 aromatic carbocycles. The van der Waals surface area contributed by atoms with Crippen LogP contribution >= 0.6 is 0 Å². The van der Waals surface area contributed by atoms with E-state index in [1.165, 1.54) is 12.3 Å². The van der Waals surface area contributed by atoms with Crippen molar-refractivity contribution < 1.29 is 24.1 Å². The summed E-state index contributed by atoms with van der Waals surface area (Å²) in [7, 11) is 0. The van der Waals surface area contributed by atoms with E-state index < -0.39 is 11.7 Å². The summed E-state index contributed by atoms with van der Waals surface area (Å²) < 4.78 is 16.6. The van der Waals surface area contributed by atoms with Gasteiger partial charge in [-0.15, -0.1) is 0 Å². The smallest absolute Gasteiger partial charge is 0.250 e. The molecule has 0 fully saturated rings. The van der Waals surface area contributed by atoms with Crippen molar-refractivity contribution in [2.24, 2.45) is 0 Å². The summed E-state index contributed by atoms with van der Waals surface area (Å²) in [5.74, 6) is -0.221. The van der Waals surface area contributed by atoms with E-state index in [1.807, 2.05) is 0 Å². The van der Waals surface area contributed by atoms with Crippen LogP contribution in [0, 0.1) is 0 Å². The SMILES string of the molecule is O=c1c2c(O)cccc2oc2cc3c(c(O)c12)[C@@H]1C=CO[C@H]1O3. The summed E-state index contributed by atoms with van der Waals surface area (Å²) in [6.45, 7) is 0. The first kappa shape index (κ1) is 12.4. The Kier molecular flexibility index (Phi) is 2.15. The summed E-state index contributed by atoms with van der Waals surface area (Å²) in [6.07, 6.45) is 2.74. The molecule has 0 spiro atoms. The molecule has 2 atom stereocenters. The largest absolute Gasteiger partial charge is 0.507 e. The Balaban J connectivity index is 1.95. The lowest BCUT2D eigenvalue weighted by atomic mass is 9.97. The Bertz CT molecular complexity index is 1080. The van der Waals surface area contributed by atoms with Gasteiger partial charge in [0.25, 0.3) is 6.29 Å². The van der Waals surface area contributed by atoms with Gasteiger partial charge in [-0.25, -0.2) is 0 Å². The number of fused-ring (bicyclic) bond motifs is 5. The van der Waals surface area contributed by atoms with Gasteiger partial charge in [0.15, 0.2) is 0 Å². The molecule has 0 radical (unpaired) electrons. The average molecular weight is 310 g/mol. The van der Waals surface area contributed by atoms with Gasteiger partial charge < -0.3 is 24.1 Å². The van der Waals surface area contributed by atoms with Gasteiger partial charge in [0, 0.05) is 6.07 Å². The standard InChI is InChI=1S/C17H10O6/c18-8-2-1-3-9-13(8)16(20)14-11(22-9)6-10-12(15(14)19)7-4-5-21-17(7)23-10/h1-7,17-19H/t7-,17-/m0/s1. The van der Waals surface area contributed by atoms with Gasteiger partial charge in [-0.3, -0.25) is 4.79 Å². The molecule has 114 valence electrons. The number of phenolic OH excluding ortho intramolecular Hbond substituents is 2. The topological polar surface area (TPSA) is 89.1 Å². The second-order valence-electron chi connectivity index (χ2n) is 5.57. The molecule has 1 aromatic heterocycles. The molecule has 6 heteroatoms. The van der Waals surface area contributed by atoms with Gasteiger partial charge in [-0.2, -0.15) is 0 Å². The molecule has 5 rings (SSSR count). The Labute approximate surface area is 128 Å². The van der Waals surface area contributed by atoms with Crippen LogP contribution in [0.15, 0.2) is 45.8 Å². The van der Waals surface area contributed by atoms with E-state index in [2.05, 4.69) is 0 Å². The molecular formula is C17H10O6. The van der Waals surface area contributed by atoms with Crippen LogP contribution in [-0.2, 0) is 4.74 Å². The molecule has 2 aliphatic rings. The highest BCUT2D eigenvalue weighted by molar-refractivity contribution is 5.97. The number of ether oxygens (including phenoxy) is 2. The van der Waals surface area contributed by atoms with Crippen LogP contribution in [0.1, 0.15) is 11.5 Å². The molecule has 0 saturated carbocycles. The van der Waals surface area contributed by atoms with Crippen molar-refractivity contribution in [3.05, 3.63) is 52.4 Å². The quantitative estimate of drug-likeness (QED) is 0.621. The number of phenols is 2. The zero-order valence-corrected chi connectivity index (χ0v) is 11.6. The lowest BCUT2D eigenvalue weighted by Crippen LogP contribution is -2.14. The molecule has 6 nitrogen and oxygen atoms in total. The van der Waals surface area contributed by atoms with Crippen molar-refractivity contribution in [3.8, 4) is 17.2 Å². The van der Waals surface area contributed by atoms with Crippen LogP contribution in [-0.4, -0.2) is 16.5 Å². The summed E-state index contributed by atoms with van der Waals surface area (Å²) in [4.78, 5) is 12.8. The Morgan fingerprint density at radius 1 is 1.09 bits per heavy atom. The van der Waals surface area contributed by atoms with E-state index in [-0.39, 0.29) is 39.4 Å². The minimum Gasteiger partial charge on any atom is -0.507 e. The van der Waals surface area contributed by atoms with Crippen molar-refractivity contribution in [1.82, 2.24) is 0 Å². The molecule has 0 unspecified atom stereocenters. The number of rotatable bonds is 0. The maximum atomic E-state index is 12.8. The number of aromatic hydroxyl groups is 2. The third-order valence-corrected chi connectivity index (χ3v) is 4.31. The molecule has 0 saturated heterocycles. The minimum atomic E-state index is -0.536. The van der Waals surface area contributed by atoms with E-state index >= 15 is 0 Å². The van der Waals surface area contributed by atoms with Gasteiger partial charge in [0.05, 0.1) is 17.7 Å². The van der Waals surface area contributed by atoms with Crippen LogP contribution in [0.2, 0.25) is 0 Å². The van der Waals surface area contributed by atoms with Crippen LogP contribution < -0.4 is 10.2 Å². The molecule has 23 heavy (non-hydrogen) atoms. The van der Waals surface area contributed by atoms with E-state index in [1.54, 1.807) is 24.3 Å². The minimum absolute atomic E-state index is 0.0299. The normalized spacial score (nSPS) is 21.2. The maximum absolute atomic E-state index is 12.8. The van der Waals surface area contributed by atoms with Crippen LogP contribution in [0.4, 0.5) is 0 Å². The van der Waals surface area contributed by atoms with Crippen LogP contribution in [0.25, 0.3) is 21.9 Å².